The SMILES string of the molecule is CC(C)(C)OC(=O)N1[C@H]2CC[C@@H]1[C@@H](CCO)NC2. The van der Waals surface area contributed by atoms with Crippen molar-refractivity contribution in [3.05, 3.63) is 0 Å². The van der Waals surface area contributed by atoms with E-state index in [-0.39, 0.29) is 30.8 Å². The van der Waals surface area contributed by atoms with Gasteiger partial charge in [0.2, 0.25) is 0 Å². The zero-order valence-corrected chi connectivity index (χ0v) is 11.5. The Balaban J connectivity index is 2.05. The highest BCUT2D eigenvalue weighted by molar-refractivity contribution is 5.70. The number of ether oxygens (including phenoxy) is 1. The highest BCUT2D eigenvalue weighted by Crippen LogP contribution is 2.32. The second kappa shape index (κ2) is 5.05. The van der Waals surface area contributed by atoms with Crippen LogP contribution in [0.4, 0.5) is 4.79 Å². The van der Waals surface area contributed by atoms with Crippen LogP contribution in [0, 0.1) is 0 Å². The van der Waals surface area contributed by atoms with Gasteiger partial charge in [-0.1, -0.05) is 0 Å². The van der Waals surface area contributed by atoms with Gasteiger partial charge in [-0.2, -0.15) is 0 Å². The summed E-state index contributed by atoms with van der Waals surface area (Å²) >= 11 is 0. The molecule has 0 unspecified atom stereocenters. The van der Waals surface area contributed by atoms with E-state index < -0.39 is 5.60 Å². The lowest BCUT2D eigenvalue weighted by Crippen LogP contribution is -2.60. The molecule has 5 nitrogen and oxygen atoms in total. The van der Waals surface area contributed by atoms with Crippen molar-refractivity contribution < 1.29 is 14.6 Å². The molecule has 2 aliphatic heterocycles. The smallest absolute Gasteiger partial charge is 0.410 e. The van der Waals surface area contributed by atoms with E-state index in [2.05, 4.69) is 5.32 Å². The first-order valence-corrected chi connectivity index (χ1v) is 6.78. The molecule has 0 aromatic carbocycles. The van der Waals surface area contributed by atoms with Gasteiger partial charge in [-0.3, -0.25) is 4.90 Å². The van der Waals surface area contributed by atoms with Gasteiger partial charge < -0.3 is 15.2 Å². The van der Waals surface area contributed by atoms with Gasteiger partial charge in [-0.05, 0) is 40.0 Å². The van der Waals surface area contributed by atoms with E-state index in [1.807, 2.05) is 25.7 Å². The maximum atomic E-state index is 12.2. The van der Waals surface area contributed by atoms with E-state index in [4.69, 9.17) is 9.84 Å². The lowest BCUT2D eigenvalue weighted by molar-refractivity contribution is 0.00267. The van der Waals surface area contributed by atoms with Crippen LogP contribution in [0.15, 0.2) is 0 Å². The molecule has 0 aliphatic carbocycles. The molecule has 18 heavy (non-hydrogen) atoms. The van der Waals surface area contributed by atoms with Crippen molar-refractivity contribution in [3.63, 3.8) is 0 Å². The topological polar surface area (TPSA) is 61.8 Å². The molecule has 0 spiro atoms. The van der Waals surface area contributed by atoms with Crippen molar-refractivity contribution in [3.8, 4) is 0 Å². The molecule has 0 aromatic heterocycles. The van der Waals surface area contributed by atoms with Crippen LogP contribution in [0.3, 0.4) is 0 Å². The summed E-state index contributed by atoms with van der Waals surface area (Å²) in [7, 11) is 0. The highest BCUT2D eigenvalue weighted by Gasteiger charge is 2.45. The van der Waals surface area contributed by atoms with Crippen molar-refractivity contribution in [2.24, 2.45) is 0 Å². The molecule has 1 amide bonds. The van der Waals surface area contributed by atoms with Crippen LogP contribution in [0.5, 0.6) is 0 Å². The highest BCUT2D eigenvalue weighted by atomic mass is 16.6. The molecule has 104 valence electrons. The summed E-state index contributed by atoms with van der Waals surface area (Å²) in [4.78, 5) is 14.1. The Morgan fingerprint density at radius 2 is 2.17 bits per heavy atom. The molecular formula is C13H24N2O3. The van der Waals surface area contributed by atoms with Gasteiger partial charge in [0.1, 0.15) is 5.60 Å². The van der Waals surface area contributed by atoms with Crippen LogP contribution in [0.2, 0.25) is 0 Å². The van der Waals surface area contributed by atoms with Gasteiger partial charge in [0.05, 0.1) is 6.04 Å². The van der Waals surface area contributed by atoms with E-state index in [1.54, 1.807) is 0 Å². The zero-order chi connectivity index (χ0) is 13.3. The van der Waals surface area contributed by atoms with E-state index in [1.165, 1.54) is 0 Å². The minimum absolute atomic E-state index is 0.154. The minimum atomic E-state index is -0.451. The maximum absolute atomic E-state index is 12.2. The number of aliphatic hydroxyl groups is 1. The number of rotatable bonds is 2. The third kappa shape index (κ3) is 2.78. The Hall–Kier alpha value is -0.810. The number of fused-ring (bicyclic) bond motifs is 2. The average molecular weight is 256 g/mol. The molecule has 2 heterocycles. The van der Waals surface area contributed by atoms with E-state index in [9.17, 15) is 4.79 Å². The minimum Gasteiger partial charge on any atom is -0.444 e. The van der Waals surface area contributed by atoms with Gasteiger partial charge in [-0.25, -0.2) is 4.79 Å². The van der Waals surface area contributed by atoms with Crippen molar-refractivity contribution in [1.82, 2.24) is 10.2 Å². The van der Waals surface area contributed by atoms with Crippen molar-refractivity contribution in [2.75, 3.05) is 13.2 Å². The zero-order valence-electron chi connectivity index (χ0n) is 11.5. The molecule has 0 radical (unpaired) electrons. The van der Waals surface area contributed by atoms with Gasteiger partial charge in [0.25, 0.3) is 0 Å². The monoisotopic (exact) mass is 256 g/mol. The molecule has 2 rings (SSSR count). The normalized spacial score (nSPS) is 31.6. The van der Waals surface area contributed by atoms with Crippen molar-refractivity contribution in [2.45, 2.75) is 63.8 Å². The third-order valence-corrected chi connectivity index (χ3v) is 3.67. The Kier molecular flexibility index (Phi) is 3.82. The standard InChI is InChI=1S/C13H24N2O3/c1-13(2,3)18-12(17)15-9-4-5-11(15)10(6-7-16)14-8-9/h9-11,14,16H,4-8H2,1-3H3/t9-,10+,11+/m0/s1. The molecule has 0 aromatic rings. The number of aliphatic hydroxyl groups excluding tert-OH is 1. The van der Waals surface area contributed by atoms with Gasteiger partial charge in [0, 0.05) is 25.2 Å². The summed E-state index contributed by atoms with van der Waals surface area (Å²) in [5.74, 6) is 0. The first-order valence-electron chi connectivity index (χ1n) is 6.78. The largest absolute Gasteiger partial charge is 0.444 e. The molecule has 2 saturated heterocycles. The van der Waals surface area contributed by atoms with Gasteiger partial charge in [0.15, 0.2) is 0 Å². The van der Waals surface area contributed by atoms with Gasteiger partial charge in [-0.15, -0.1) is 0 Å². The molecule has 2 aliphatic rings. The predicted octanol–water partition coefficient (Wildman–Crippen LogP) is 1.11. The Morgan fingerprint density at radius 1 is 1.44 bits per heavy atom. The average Bonchev–Trinajstić information content (AvgIpc) is 2.56. The summed E-state index contributed by atoms with van der Waals surface area (Å²) in [5, 5.41) is 12.5. The second-order valence-electron chi connectivity index (χ2n) is 6.21. The van der Waals surface area contributed by atoms with E-state index in [0.29, 0.717) is 6.42 Å². The summed E-state index contributed by atoms with van der Waals surface area (Å²) in [5.41, 5.74) is -0.451. The van der Waals surface area contributed by atoms with Crippen molar-refractivity contribution in [1.29, 1.82) is 0 Å². The van der Waals surface area contributed by atoms with Crippen LogP contribution in [0.25, 0.3) is 0 Å². The molecule has 2 bridgehead atoms. The summed E-state index contributed by atoms with van der Waals surface area (Å²) in [6, 6.07) is 0.617. The number of carbonyl (C=O) groups is 1. The summed E-state index contributed by atoms with van der Waals surface area (Å²) in [6.07, 6.45) is 2.51. The van der Waals surface area contributed by atoms with Crippen LogP contribution in [0.1, 0.15) is 40.0 Å². The Bertz CT molecular complexity index is 314. The summed E-state index contributed by atoms with van der Waals surface area (Å²) in [6.45, 7) is 6.63. The van der Waals surface area contributed by atoms with Gasteiger partial charge >= 0.3 is 6.09 Å². The van der Waals surface area contributed by atoms with Crippen LogP contribution in [-0.4, -0.2) is 53.0 Å². The number of carbonyl (C=O) groups excluding carboxylic acids is 1. The summed E-state index contributed by atoms with van der Waals surface area (Å²) < 4.78 is 5.48. The van der Waals surface area contributed by atoms with Crippen LogP contribution >= 0.6 is 0 Å². The second-order valence-corrected chi connectivity index (χ2v) is 6.21. The number of hydrogen-bond acceptors (Lipinski definition) is 4. The predicted molar refractivity (Wildman–Crippen MR) is 68.4 cm³/mol. The van der Waals surface area contributed by atoms with Crippen LogP contribution < -0.4 is 5.32 Å². The number of piperazine rings is 1. The number of amides is 1. The lowest BCUT2D eigenvalue weighted by Gasteiger charge is -2.41. The first-order chi connectivity index (χ1) is 8.42. The number of nitrogens with zero attached hydrogens (tertiary/aromatic N) is 1. The Labute approximate surface area is 108 Å². The number of hydrogen-bond donors (Lipinski definition) is 2. The fourth-order valence-electron chi connectivity index (χ4n) is 2.96. The Morgan fingerprint density at radius 3 is 2.78 bits per heavy atom. The number of nitrogens with one attached hydrogen (secondary N) is 1. The lowest BCUT2D eigenvalue weighted by atomic mass is 10.0. The van der Waals surface area contributed by atoms with E-state index >= 15 is 0 Å². The molecule has 2 fully saturated rings. The fourth-order valence-corrected chi connectivity index (χ4v) is 2.96. The van der Waals surface area contributed by atoms with Crippen LogP contribution in [-0.2, 0) is 4.74 Å². The first kappa shape index (κ1) is 13.6. The molecule has 0 saturated carbocycles. The van der Waals surface area contributed by atoms with Crippen molar-refractivity contribution >= 4 is 6.09 Å². The molecule has 5 heteroatoms. The maximum Gasteiger partial charge on any atom is 0.410 e. The third-order valence-electron chi connectivity index (χ3n) is 3.67. The molecule has 3 atom stereocenters. The fraction of sp³-hybridized carbons (Fsp3) is 0.923. The van der Waals surface area contributed by atoms with E-state index in [0.717, 1.165) is 19.4 Å². The molecular weight excluding hydrogens is 232 g/mol. The molecule has 2 N–H and O–H groups in total. The quantitative estimate of drug-likeness (QED) is 0.777.